The molecule has 1 fully saturated rings. The van der Waals surface area contributed by atoms with E-state index in [9.17, 15) is 0 Å². The SMILES string of the molecule is CNC(c1cc(C(C)C)ccc1C)C1CCCN1. The molecule has 0 saturated carbocycles. The summed E-state index contributed by atoms with van der Waals surface area (Å²) < 4.78 is 0. The second-order valence-electron chi connectivity index (χ2n) is 5.74. The molecular weight excluding hydrogens is 220 g/mol. The van der Waals surface area contributed by atoms with Crippen LogP contribution in [0.15, 0.2) is 18.2 Å². The summed E-state index contributed by atoms with van der Waals surface area (Å²) in [6, 6.07) is 7.94. The van der Waals surface area contributed by atoms with Crippen LogP contribution >= 0.6 is 0 Å². The first-order valence-corrected chi connectivity index (χ1v) is 7.14. The van der Waals surface area contributed by atoms with Crippen LogP contribution in [0.5, 0.6) is 0 Å². The Hall–Kier alpha value is -0.860. The second-order valence-corrected chi connectivity index (χ2v) is 5.74. The van der Waals surface area contributed by atoms with Crippen molar-refractivity contribution in [2.24, 2.45) is 0 Å². The van der Waals surface area contributed by atoms with Gasteiger partial charge in [0.2, 0.25) is 0 Å². The van der Waals surface area contributed by atoms with Gasteiger partial charge >= 0.3 is 0 Å². The van der Waals surface area contributed by atoms with Crippen molar-refractivity contribution >= 4 is 0 Å². The first-order valence-electron chi connectivity index (χ1n) is 7.14. The molecule has 18 heavy (non-hydrogen) atoms. The van der Waals surface area contributed by atoms with Crippen LogP contribution in [-0.2, 0) is 0 Å². The van der Waals surface area contributed by atoms with Gasteiger partial charge in [0.15, 0.2) is 0 Å². The summed E-state index contributed by atoms with van der Waals surface area (Å²) in [5.41, 5.74) is 4.30. The standard InChI is InChI=1S/C16H26N2/c1-11(2)13-8-7-12(3)14(10-13)16(17-4)15-6-5-9-18-15/h7-8,10-11,15-18H,5-6,9H2,1-4H3. The lowest BCUT2D eigenvalue weighted by Crippen LogP contribution is -2.36. The number of nitrogens with one attached hydrogen (secondary N) is 2. The third-order valence-electron chi connectivity index (χ3n) is 4.12. The van der Waals surface area contributed by atoms with Crippen molar-refractivity contribution in [1.82, 2.24) is 10.6 Å². The van der Waals surface area contributed by atoms with E-state index in [0.29, 0.717) is 18.0 Å². The fraction of sp³-hybridized carbons (Fsp3) is 0.625. The molecule has 1 heterocycles. The van der Waals surface area contributed by atoms with Crippen molar-refractivity contribution in [2.75, 3.05) is 13.6 Å². The Morgan fingerprint density at radius 1 is 1.33 bits per heavy atom. The number of hydrogen-bond acceptors (Lipinski definition) is 2. The number of aryl methyl sites for hydroxylation is 1. The van der Waals surface area contributed by atoms with Gasteiger partial charge in [0.25, 0.3) is 0 Å². The van der Waals surface area contributed by atoms with E-state index < -0.39 is 0 Å². The number of benzene rings is 1. The highest BCUT2D eigenvalue weighted by atomic mass is 15.0. The molecule has 1 aromatic carbocycles. The molecule has 0 aliphatic carbocycles. The maximum absolute atomic E-state index is 3.62. The van der Waals surface area contributed by atoms with Gasteiger partial charge in [-0.1, -0.05) is 32.0 Å². The zero-order chi connectivity index (χ0) is 13.1. The van der Waals surface area contributed by atoms with E-state index in [2.05, 4.69) is 56.7 Å². The summed E-state index contributed by atoms with van der Waals surface area (Å²) in [6.07, 6.45) is 2.57. The first kappa shape index (κ1) is 13.6. The molecule has 100 valence electrons. The molecule has 2 nitrogen and oxygen atoms in total. The summed E-state index contributed by atoms with van der Waals surface area (Å²) in [4.78, 5) is 0. The predicted octanol–water partition coefficient (Wildman–Crippen LogP) is 3.13. The maximum atomic E-state index is 3.62. The summed E-state index contributed by atoms with van der Waals surface area (Å²) in [7, 11) is 2.08. The van der Waals surface area contributed by atoms with Gasteiger partial charge in [-0.15, -0.1) is 0 Å². The average Bonchev–Trinajstić information content (AvgIpc) is 2.86. The third kappa shape index (κ3) is 2.76. The number of hydrogen-bond donors (Lipinski definition) is 2. The van der Waals surface area contributed by atoms with Crippen LogP contribution in [0.4, 0.5) is 0 Å². The van der Waals surface area contributed by atoms with E-state index >= 15 is 0 Å². The minimum Gasteiger partial charge on any atom is -0.312 e. The van der Waals surface area contributed by atoms with Crippen molar-refractivity contribution in [3.63, 3.8) is 0 Å². The van der Waals surface area contributed by atoms with Gasteiger partial charge in [-0.05, 0) is 56.0 Å². The Kier molecular flexibility index (Phi) is 4.41. The van der Waals surface area contributed by atoms with Gasteiger partial charge < -0.3 is 10.6 Å². The van der Waals surface area contributed by atoms with E-state index in [1.54, 1.807) is 0 Å². The Morgan fingerprint density at radius 2 is 2.11 bits per heavy atom. The molecule has 1 saturated heterocycles. The summed E-state index contributed by atoms with van der Waals surface area (Å²) in [5, 5.41) is 7.12. The average molecular weight is 246 g/mol. The minimum absolute atomic E-state index is 0.436. The third-order valence-corrected chi connectivity index (χ3v) is 4.12. The van der Waals surface area contributed by atoms with Gasteiger partial charge in [0, 0.05) is 12.1 Å². The maximum Gasteiger partial charge on any atom is 0.0476 e. The quantitative estimate of drug-likeness (QED) is 0.853. The predicted molar refractivity (Wildman–Crippen MR) is 78.1 cm³/mol. The smallest absolute Gasteiger partial charge is 0.0476 e. The van der Waals surface area contributed by atoms with Gasteiger partial charge in [-0.2, -0.15) is 0 Å². The van der Waals surface area contributed by atoms with E-state index in [1.807, 2.05) is 0 Å². The van der Waals surface area contributed by atoms with Crippen LogP contribution in [-0.4, -0.2) is 19.6 Å². The minimum atomic E-state index is 0.436. The van der Waals surface area contributed by atoms with Gasteiger partial charge in [-0.25, -0.2) is 0 Å². The normalized spacial score (nSPS) is 21.5. The molecule has 1 aliphatic rings. The number of rotatable bonds is 4. The van der Waals surface area contributed by atoms with Gasteiger partial charge in [0.1, 0.15) is 0 Å². The Balaban J connectivity index is 2.31. The molecule has 0 bridgehead atoms. The largest absolute Gasteiger partial charge is 0.312 e. The Morgan fingerprint density at radius 3 is 2.67 bits per heavy atom. The zero-order valence-electron chi connectivity index (χ0n) is 12.1. The van der Waals surface area contributed by atoms with Gasteiger partial charge in [-0.3, -0.25) is 0 Å². The molecule has 2 atom stereocenters. The highest BCUT2D eigenvalue weighted by Crippen LogP contribution is 2.28. The van der Waals surface area contributed by atoms with Crippen LogP contribution in [0.1, 0.15) is 55.3 Å². The van der Waals surface area contributed by atoms with Crippen molar-refractivity contribution < 1.29 is 0 Å². The molecule has 1 aromatic rings. The van der Waals surface area contributed by atoms with Crippen LogP contribution < -0.4 is 10.6 Å². The lowest BCUT2D eigenvalue weighted by Gasteiger charge is -2.26. The van der Waals surface area contributed by atoms with Crippen molar-refractivity contribution in [1.29, 1.82) is 0 Å². The topological polar surface area (TPSA) is 24.1 Å². The molecule has 2 N–H and O–H groups in total. The monoisotopic (exact) mass is 246 g/mol. The van der Waals surface area contributed by atoms with Crippen molar-refractivity contribution in [3.8, 4) is 0 Å². The molecule has 0 radical (unpaired) electrons. The zero-order valence-corrected chi connectivity index (χ0v) is 12.1. The summed E-state index contributed by atoms with van der Waals surface area (Å²) in [6.45, 7) is 7.90. The fourth-order valence-corrected chi connectivity index (χ4v) is 2.92. The van der Waals surface area contributed by atoms with Crippen LogP contribution in [0.3, 0.4) is 0 Å². The van der Waals surface area contributed by atoms with Crippen LogP contribution in [0.2, 0.25) is 0 Å². The Bertz CT molecular complexity index is 392. The molecule has 1 aliphatic heterocycles. The highest BCUT2D eigenvalue weighted by Gasteiger charge is 2.25. The van der Waals surface area contributed by atoms with Gasteiger partial charge in [0.05, 0.1) is 0 Å². The van der Waals surface area contributed by atoms with Crippen molar-refractivity contribution in [2.45, 2.75) is 51.6 Å². The molecule has 0 amide bonds. The van der Waals surface area contributed by atoms with E-state index in [1.165, 1.54) is 29.5 Å². The molecule has 2 rings (SSSR count). The number of likely N-dealkylation sites (N-methyl/N-ethyl adjacent to an activating group) is 1. The molecular formula is C16H26N2. The van der Waals surface area contributed by atoms with Crippen LogP contribution in [0.25, 0.3) is 0 Å². The van der Waals surface area contributed by atoms with Crippen LogP contribution in [0, 0.1) is 6.92 Å². The van der Waals surface area contributed by atoms with E-state index in [4.69, 9.17) is 0 Å². The lowest BCUT2D eigenvalue weighted by atomic mass is 9.90. The summed E-state index contributed by atoms with van der Waals surface area (Å²) >= 11 is 0. The molecule has 0 aromatic heterocycles. The fourth-order valence-electron chi connectivity index (χ4n) is 2.92. The van der Waals surface area contributed by atoms with E-state index in [0.717, 1.165) is 6.54 Å². The first-order chi connectivity index (χ1) is 8.63. The van der Waals surface area contributed by atoms with E-state index in [-0.39, 0.29) is 0 Å². The molecule has 2 heteroatoms. The lowest BCUT2D eigenvalue weighted by molar-refractivity contribution is 0.438. The second kappa shape index (κ2) is 5.85. The molecule has 2 unspecified atom stereocenters. The molecule has 0 spiro atoms. The summed E-state index contributed by atoms with van der Waals surface area (Å²) in [5.74, 6) is 0.596. The van der Waals surface area contributed by atoms with Crippen molar-refractivity contribution in [3.05, 3.63) is 34.9 Å². The Labute approximate surface area is 111 Å². The highest BCUT2D eigenvalue weighted by molar-refractivity contribution is 5.36.